The topological polar surface area (TPSA) is 139 Å². The maximum atomic E-state index is 13.9. The number of likely N-dealkylation sites (tertiary alicyclic amines) is 1. The molecule has 0 saturated carbocycles. The molecule has 3 amide bonds. The molecular weight excluding hydrogens is 452 g/mol. The van der Waals surface area contributed by atoms with Crippen LogP contribution >= 0.6 is 0 Å². The van der Waals surface area contributed by atoms with Gasteiger partial charge in [0.1, 0.15) is 23.8 Å². The highest BCUT2D eigenvalue weighted by molar-refractivity contribution is 5.99. The van der Waals surface area contributed by atoms with Crippen LogP contribution in [-0.2, 0) is 25.8 Å². The van der Waals surface area contributed by atoms with E-state index in [1.165, 1.54) is 4.90 Å². The summed E-state index contributed by atoms with van der Waals surface area (Å²) in [7, 11) is 1.54. The minimum atomic E-state index is -1.10. The normalized spacial score (nSPS) is 30.2. The van der Waals surface area contributed by atoms with Gasteiger partial charge in [0.05, 0.1) is 36.1 Å². The monoisotopic (exact) mass is 484 g/mol. The van der Waals surface area contributed by atoms with E-state index < -0.39 is 35.6 Å². The van der Waals surface area contributed by atoms with Gasteiger partial charge in [-0.25, -0.2) is 4.68 Å². The highest BCUT2D eigenvalue weighted by Gasteiger charge is 2.74. The molecule has 3 fully saturated rings. The fourth-order valence-electron chi connectivity index (χ4n) is 6.35. The minimum absolute atomic E-state index is 0.0644. The third-order valence-corrected chi connectivity index (χ3v) is 7.71. The van der Waals surface area contributed by atoms with Crippen LogP contribution in [0.4, 0.5) is 0 Å². The molecule has 3 aliphatic rings. The van der Waals surface area contributed by atoms with Crippen molar-refractivity contribution in [2.75, 3.05) is 13.7 Å². The van der Waals surface area contributed by atoms with E-state index in [-0.39, 0.29) is 36.9 Å². The second kappa shape index (κ2) is 8.87. The lowest BCUT2D eigenvalue weighted by Gasteiger charge is -2.37. The maximum Gasteiger partial charge on any atom is 0.247 e. The molecule has 35 heavy (non-hydrogen) atoms. The second-order valence-corrected chi connectivity index (χ2v) is 10.2. The zero-order chi connectivity index (χ0) is 24.9. The lowest BCUT2D eigenvalue weighted by atomic mass is 9.70. The van der Waals surface area contributed by atoms with Gasteiger partial charge in [-0.15, -0.1) is 5.10 Å². The average Bonchev–Trinajstić information content (AvgIpc) is 3.59. The highest BCUT2D eigenvalue weighted by atomic mass is 16.5. The summed E-state index contributed by atoms with van der Waals surface area (Å²) >= 11 is 0. The summed E-state index contributed by atoms with van der Waals surface area (Å²) in [5.74, 6) is -2.17. The average molecular weight is 485 g/mol. The summed E-state index contributed by atoms with van der Waals surface area (Å²) in [5.41, 5.74) is 0.383. The van der Waals surface area contributed by atoms with Gasteiger partial charge in [0, 0.05) is 7.05 Å². The summed E-state index contributed by atoms with van der Waals surface area (Å²) in [5, 5.41) is 24.1. The third kappa shape index (κ3) is 3.59. The van der Waals surface area contributed by atoms with Crippen molar-refractivity contribution in [2.45, 2.75) is 63.6 Å². The number of hydrogen-bond acceptors (Lipinski definition) is 7. The number of benzene rings is 1. The number of carbonyl (C=O) groups excluding carboxylic acids is 3. The Balaban J connectivity index is 1.48. The predicted molar refractivity (Wildman–Crippen MR) is 125 cm³/mol. The number of hydrogen-bond donors (Lipinski definition) is 3. The maximum absolute atomic E-state index is 13.9. The van der Waals surface area contributed by atoms with Gasteiger partial charge >= 0.3 is 0 Å². The Morgan fingerprint density at radius 2 is 2.06 bits per heavy atom. The summed E-state index contributed by atoms with van der Waals surface area (Å²) in [4.78, 5) is 41.9. The second-order valence-electron chi connectivity index (χ2n) is 10.2. The molecule has 0 radical (unpaired) electrons. The van der Waals surface area contributed by atoms with Gasteiger partial charge in [-0.3, -0.25) is 14.4 Å². The van der Waals surface area contributed by atoms with E-state index in [9.17, 15) is 19.5 Å². The zero-order valence-corrected chi connectivity index (χ0v) is 20.2. The molecule has 2 aromatic rings. The minimum Gasteiger partial charge on any atom is -0.394 e. The fraction of sp³-hybridized carbons (Fsp3) is 0.625. The van der Waals surface area contributed by atoms with Crippen molar-refractivity contribution in [3.8, 4) is 0 Å². The van der Waals surface area contributed by atoms with Crippen LogP contribution in [0.15, 0.2) is 24.3 Å². The molecule has 3 N–H and O–H groups in total. The molecule has 0 aliphatic carbocycles. The van der Waals surface area contributed by atoms with E-state index in [2.05, 4.69) is 20.9 Å². The number of rotatable bonds is 8. The van der Waals surface area contributed by atoms with Crippen molar-refractivity contribution < 1.29 is 24.2 Å². The van der Waals surface area contributed by atoms with Crippen LogP contribution in [0, 0.1) is 17.8 Å². The molecule has 3 aliphatic heterocycles. The summed E-state index contributed by atoms with van der Waals surface area (Å²) in [6, 6.07) is 5.92. The van der Waals surface area contributed by atoms with Crippen molar-refractivity contribution >= 4 is 28.8 Å². The van der Waals surface area contributed by atoms with Gasteiger partial charge in [-0.2, -0.15) is 0 Å². The van der Waals surface area contributed by atoms with Crippen LogP contribution in [0.1, 0.15) is 33.1 Å². The molecular formula is C24H32N6O5. The standard InChI is InChI=1S/C24H32N6O5/c1-13(2)10-14(11-31)30-20(22(33)26-12-29-16-7-5-4-6-15(16)27-28-29)24-9-8-17(35-24)18(21(32)25-3)19(24)23(30)34/h4-7,13-14,17-20,31H,8-12H2,1-3H3,(H,25,32)(H,26,33)/t14-,17-,18+,19+,20?,24?/m1/s1. The van der Waals surface area contributed by atoms with Gasteiger partial charge in [0.15, 0.2) is 0 Å². The number of fused-ring (bicyclic) bond motifs is 2. The quantitative estimate of drug-likeness (QED) is 0.481. The Kier molecular flexibility index (Phi) is 6.00. The van der Waals surface area contributed by atoms with Crippen molar-refractivity contribution in [2.24, 2.45) is 17.8 Å². The summed E-state index contributed by atoms with van der Waals surface area (Å²) in [6.07, 6.45) is 1.22. The molecule has 1 aromatic carbocycles. The number of amides is 3. The van der Waals surface area contributed by atoms with Crippen molar-refractivity contribution in [1.29, 1.82) is 0 Å². The lowest BCUT2D eigenvalue weighted by molar-refractivity contribution is -0.146. The van der Waals surface area contributed by atoms with Crippen molar-refractivity contribution in [3.05, 3.63) is 24.3 Å². The van der Waals surface area contributed by atoms with Gasteiger partial charge in [0.25, 0.3) is 0 Å². The molecule has 188 valence electrons. The van der Waals surface area contributed by atoms with Gasteiger partial charge in [-0.05, 0) is 37.3 Å². The molecule has 1 spiro atoms. The Labute approximate surface area is 203 Å². The predicted octanol–water partition coefficient (Wildman–Crippen LogP) is 0.0326. The van der Waals surface area contributed by atoms with Crippen LogP contribution < -0.4 is 10.6 Å². The number of para-hydroxylation sites is 1. The molecule has 11 nitrogen and oxygen atoms in total. The van der Waals surface area contributed by atoms with Crippen LogP contribution in [0.3, 0.4) is 0 Å². The number of aliphatic hydroxyl groups is 1. The molecule has 3 saturated heterocycles. The van der Waals surface area contributed by atoms with Crippen LogP contribution in [0.5, 0.6) is 0 Å². The van der Waals surface area contributed by atoms with E-state index in [0.29, 0.717) is 24.8 Å². The number of ether oxygens (including phenoxy) is 1. The van der Waals surface area contributed by atoms with Crippen LogP contribution in [-0.4, -0.2) is 80.2 Å². The molecule has 11 heteroatoms. The van der Waals surface area contributed by atoms with Crippen molar-refractivity contribution in [3.63, 3.8) is 0 Å². The van der Waals surface area contributed by atoms with E-state index >= 15 is 0 Å². The van der Waals surface area contributed by atoms with Crippen LogP contribution in [0.25, 0.3) is 11.0 Å². The smallest absolute Gasteiger partial charge is 0.247 e. The number of nitrogens with zero attached hydrogens (tertiary/aromatic N) is 4. The number of aliphatic hydroxyl groups excluding tert-OH is 1. The first-order valence-corrected chi connectivity index (χ1v) is 12.2. The van der Waals surface area contributed by atoms with Crippen molar-refractivity contribution in [1.82, 2.24) is 30.5 Å². The zero-order valence-electron chi connectivity index (χ0n) is 20.2. The highest BCUT2D eigenvalue weighted by Crippen LogP contribution is 2.58. The first-order chi connectivity index (χ1) is 16.8. The SMILES string of the molecule is CNC(=O)[C@@H]1[C@H]2C(=O)N([C@@H](CO)CC(C)C)C(C(=O)NCn3nnc4ccccc43)C23CC[C@H]1O3. The molecule has 6 atom stereocenters. The Morgan fingerprint density at radius 1 is 1.29 bits per heavy atom. The number of carbonyl (C=O) groups is 3. The Bertz CT molecular complexity index is 1150. The number of nitrogens with one attached hydrogen (secondary N) is 2. The lowest BCUT2D eigenvalue weighted by Crippen LogP contribution is -2.58. The third-order valence-electron chi connectivity index (χ3n) is 7.71. The first-order valence-electron chi connectivity index (χ1n) is 12.2. The van der Waals surface area contributed by atoms with E-state index in [1.54, 1.807) is 11.7 Å². The van der Waals surface area contributed by atoms with Crippen LogP contribution in [0.2, 0.25) is 0 Å². The fourth-order valence-corrected chi connectivity index (χ4v) is 6.35. The van der Waals surface area contributed by atoms with Gasteiger partial charge < -0.3 is 25.4 Å². The molecule has 2 bridgehead atoms. The molecule has 2 unspecified atom stereocenters. The van der Waals surface area contributed by atoms with E-state index in [1.807, 2.05) is 38.1 Å². The summed E-state index contributed by atoms with van der Waals surface area (Å²) in [6.45, 7) is 3.79. The van der Waals surface area contributed by atoms with E-state index in [4.69, 9.17) is 4.74 Å². The summed E-state index contributed by atoms with van der Waals surface area (Å²) < 4.78 is 7.94. The van der Waals surface area contributed by atoms with Gasteiger partial charge in [-0.1, -0.05) is 31.2 Å². The largest absolute Gasteiger partial charge is 0.394 e. The van der Waals surface area contributed by atoms with E-state index in [0.717, 1.165) is 5.52 Å². The molecule has 5 rings (SSSR count). The molecule has 4 heterocycles. The first kappa shape index (κ1) is 23.7. The molecule has 1 aromatic heterocycles. The Hall–Kier alpha value is -3.05. The number of aromatic nitrogens is 3. The Morgan fingerprint density at radius 3 is 2.77 bits per heavy atom. The van der Waals surface area contributed by atoms with Gasteiger partial charge in [0.2, 0.25) is 17.7 Å².